The van der Waals surface area contributed by atoms with Gasteiger partial charge in [-0.05, 0) is 73.5 Å². The molecule has 3 aromatic carbocycles. The first-order chi connectivity index (χ1) is 16.7. The van der Waals surface area contributed by atoms with Gasteiger partial charge in [0.1, 0.15) is 0 Å². The number of ether oxygens (including phenoxy) is 1. The summed E-state index contributed by atoms with van der Waals surface area (Å²) < 4.78 is 35.5. The lowest BCUT2D eigenvalue weighted by molar-refractivity contribution is 0.0997. The number of methoxy groups -OCH3 is 1. The molecule has 1 aromatic heterocycles. The maximum Gasteiger partial charge on any atom is 0.279 e. The van der Waals surface area contributed by atoms with Crippen molar-refractivity contribution in [3.63, 3.8) is 0 Å². The van der Waals surface area contributed by atoms with Crippen LogP contribution >= 0.6 is 11.3 Å². The third-order valence-corrected chi connectivity index (χ3v) is 8.73. The number of carbonyl (C=O) groups excluding carboxylic acids is 1. The zero-order chi connectivity index (χ0) is 25.2. The van der Waals surface area contributed by atoms with E-state index >= 15 is 0 Å². The summed E-state index contributed by atoms with van der Waals surface area (Å²) in [5.41, 5.74) is 4.21. The lowest BCUT2D eigenvalue weighted by Gasteiger charge is -2.19. The van der Waals surface area contributed by atoms with E-state index in [4.69, 9.17) is 4.74 Å². The Morgan fingerprint density at radius 1 is 1.03 bits per heavy atom. The predicted octanol–water partition coefficient (Wildman–Crippen LogP) is 4.53. The molecule has 0 fully saturated rings. The lowest BCUT2D eigenvalue weighted by Crippen LogP contribution is -2.26. The number of para-hydroxylation sites is 1. The van der Waals surface area contributed by atoms with E-state index in [0.29, 0.717) is 29.2 Å². The second kappa shape index (κ2) is 10.2. The van der Waals surface area contributed by atoms with Crippen LogP contribution in [0.25, 0.3) is 10.2 Å². The highest BCUT2D eigenvalue weighted by Gasteiger charge is 2.21. The zero-order valence-corrected chi connectivity index (χ0v) is 21.7. The third-order valence-electron chi connectivity index (χ3n) is 5.89. The van der Waals surface area contributed by atoms with Crippen LogP contribution in [0.4, 0.5) is 5.69 Å². The van der Waals surface area contributed by atoms with Crippen molar-refractivity contribution in [2.45, 2.75) is 25.3 Å². The quantitative estimate of drug-likeness (QED) is 0.367. The Hall–Kier alpha value is -3.27. The maximum atomic E-state index is 13.0. The normalized spacial score (nSPS) is 12.3. The summed E-state index contributed by atoms with van der Waals surface area (Å²) in [7, 11) is -0.622. The van der Waals surface area contributed by atoms with Crippen LogP contribution in [-0.2, 0) is 21.3 Å². The van der Waals surface area contributed by atoms with E-state index < -0.39 is 15.9 Å². The highest BCUT2D eigenvalue weighted by atomic mass is 32.2. The zero-order valence-electron chi connectivity index (χ0n) is 20.1. The molecule has 4 aromatic rings. The lowest BCUT2D eigenvalue weighted by atomic mass is 10.1. The fraction of sp³-hybridized carbons (Fsp3) is 0.231. The molecule has 4 rings (SSSR count). The molecule has 0 radical (unpaired) electrons. The van der Waals surface area contributed by atoms with Crippen molar-refractivity contribution in [3.05, 3.63) is 88.2 Å². The molecule has 1 amide bonds. The molecular weight excluding hydrogens is 482 g/mol. The summed E-state index contributed by atoms with van der Waals surface area (Å²) in [6.07, 6.45) is 0. The number of hydrogen-bond acceptors (Lipinski definition) is 5. The monoisotopic (exact) mass is 509 g/mol. The van der Waals surface area contributed by atoms with Crippen LogP contribution in [0.2, 0.25) is 0 Å². The van der Waals surface area contributed by atoms with Crippen LogP contribution in [0.15, 0.2) is 76.6 Å². The van der Waals surface area contributed by atoms with E-state index in [2.05, 4.69) is 31.0 Å². The predicted molar refractivity (Wildman–Crippen MR) is 140 cm³/mol. The number of anilines is 1. The molecule has 7 nitrogen and oxygen atoms in total. The number of aromatic nitrogens is 1. The Balaban J connectivity index is 1.67. The molecule has 0 unspecified atom stereocenters. The van der Waals surface area contributed by atoms with E-state index in [9.17, 15) is 13.2 Å². The first kappa shape index (κ1) is 24.8. The highest BCUT2D eigenvalue weighted by molar-refractivity contribution is 7.92. The summed E-state index contributed by atoms with van der Waals surface area (Å²) >= 11 is 1.45. The van der Waals surface area contributed by atoms with Gasteiger partial charge in [0.05, 0.1) is 27.4 Å². The number of hydrogen-bond donors (Lipinski definition) is 0. The van der Waals surface area contributed by atoms with Gasteiger partial charge in [0, 0.05) is 26.3 Å². The molecule has 0 saturated heterocycles. The molecule has 182 valence electrons. The molecule has 0 N–H and O–H groups in total. The second-order valence-electron chi connectivity index (χ2n) is 8.18. The van der Waals surface area contributed by atoms with Crippen molar-refractivity contribution in [3.8, 4) is 0 Å². The molecule has 0 spiro atoms. The van der Waals surface area contributed by atoms with E-state index in [1.807, 2.05) is 10.6 Å². The van der Waals surface area contributed by atoms with Crippen molar-refractivity contribution < 1.29 is 17.9 Å². The second-order valence-corrected chi connectivity index (χ2v) is 11.2. The molecule has 0 atom stereocenters. The van der Waals surface area contributed by atoms with Crippen molar-refractivity contribution in [1.82, 2.24) is 4.57 Å². The molecule has 0 bridgehead atoms. The standard InChI is InChI=1S/C26H27N3O4S2/c1-18-16-23-24(17-19(18)2)34-26(29(23)14-15-33-4)27-25(30)20-10-12-22(13-11-20)35(31,32)28(3)21-8-6-5-7-9-21/h5-13,16-17H,14-15H2,1-4H3. The van der Waals surface area contributed by atoms with Gasteiger partial charge in [-0.3, -0.25) is 9.10 Å². The van der Waals surface area contributed by atoms with Gasteiger partial charge in [-0.1, -0.05) is 29.5 Å². The number of carbonyl (C=O) groups is 1. The number of aryl methyl sites for hydroxylation is 2. The van der Waals surface area contributed by atoms with Gasteiger partial charge in [-0.15, -0.1) is 0 Å². The fourth-order valence-electron chi connectivity index (χ4n) is 3.66. The third kappa shape index (κ3) is 5.07. The van der Waals surface area contributed by atoms with Gasteiger partial charge in [-0.25, -0.2) is 8.42 Å². The molecule has 9 heteroatoms. The minimum Gasteiger partial charge on any atom is -0.383 e. The molecular formula is C26H27N3O4S2. The number of thiazole rings is 1. The van der Waals surface area contributed by atoms with E-state index in [-0.39, 0.29) is 4.90 Å². The highest BCUT2D eigenvalue weighted by Crippen LogP contribution is 2.23. The van der Waals surface area contributed by atoms with Crippen LogP contribution in [0.1, 0.15) is 21.5 Å². The van der Waals surface area contributed by atoms with Gasteiger partial charge in [0.25, 0.3) is 15.9 Å². The Morgan fingerprint density at radius 3 is 2.34 bits per heavy atom. The van der Waals surface area contributed by atoms with Crippen molar-refractivity contribution in [2.75, 3.05) is 25.1 Å². The van der Waals surface area contributed by atoms with Crippen molar-refractivity contribution in [1.29, 1.82) is 0 Å². The van der Waals surface area contributed by atoms with Gasteiger partial charge in [0.15, 0.2) is 4.80 Å². The number of benzene rings is 3. The number of amides is 1. The Kier molecular flexibility index (Phi) is 7.20. The molecule has 0 saturated carbocycles. The first-order valence-electron chi connectivity index (χ1n) is 11.0. The van der Waals surface area contributed by atoms with E-state index in [1.54, 1.807) is 31.4 Å². The van der Waals surface area contributed by atoms with Crippen LogP contribution < -0.4 is 9.11 Å². The van der Waals surface area contributed by atoms with Crippen molar-refractivity contribution in [2.24, 2.45) is 4.99 Å². The van der Waals surface area contributed by atoms with E-state index in [0.717, 1.165) is 15.8 Å². The number of fused-ring (bicyclic) bond motifs is 1. The summed E-state index contributed by atoms with van der Waals surface area (Å²) in [6.45, 7) is 5.16. The average Bonchev–Trinajstić information content (AvgIpc) is 3.18. The summed E-state index contributed by atoms with van der Waals surface area (Å²) in [4.78, 5) is 18.1. The minimum atomic E-state index is -3.76. The number of sulfonamides is 1. The minimum absolute atomic E-state index is 0.100. The molecule has 0 aliphatic rings. The van der Waals surface area contributed by atoms with Crippen LogP contribution in [0, 0.1) is 13.8 Å². The summed E-state index contributed by atoms with van der Waals surface area (Å²) in [5, 5.41) is 0. The molecule has 0 aliphatic heterocycles. The van der Waals surface area contributed by atoms with Gasteiger partial charge in [-0.2, -0.15) is 4.99 Å². The number of rotatable bonds is 7. The van der Waals surface area contributed by atoms with Gasteiger partial charge >= 0.3 is 0 Å². The van der Waals surface area contributed by atoms with E-state index in [1.165, 1.54) is 52.5 Å². The Bertz CT molecular complexity index is 1540. The largest absolute Gasteiger partial charge is 0.383 e. The summed E-state index contributed by atoms with van der Waals surface area (Å²) in [6, 6.07) is 18.9. The average molecular weight is 510 g/mol. The van der Waals surface area contributed by atoms with Gasteiger partial charge in [0.2, 0.25) is 0 Å². The van der Waals surface area contributed by atoms with Crippen molar-refractivity contribution >= 4 is 43.2 Å². The fourth-order valence-corrected chi connectivity index (χ4v) is 5.99. The Morgan fingerprint density at radius 2 is 1.69 bits per heavy atom. The molecule has 35 heavy (non-hydrogen) atoms. The summed E-state index contributed by atoms with van der Waals surface area (Å²) in [5.74, 6) is -0.434. The topological polar surface area (TPSA) is 81.0 Å². The first-order valence-corrected chi connectivity index (χ1v) is 13.3. The van der Waals surface area contributed by atoms with Crippen LogP contribution in [0.5, 0.6) is 0 Å². The maximum absolute atomic E-state index is 13.0. The Labute approximate surface area is 209 Å². The van der Waals surface area contributed by atoms with Gasteiger partial charge < -0.3 is 9.30 Å². The van der Waals surface area contributed by atoms with Crippen LogP contribution in [-0.4, -0.2) is 39.7 Å². The molecule has 0 aliphatic carbocycles. The van der Waals surface area contributed by atoms with Crippen LogP contribution in [0.3, 0.4) is 0 Å². The smallest absolute Gasteiger partial charge is 0.279 e. The number of nitrogens with zero attached hydrogens (tertiary/aromatic N) is 3. The SMILES string of the molecule is COCCn1c(=NC(=O)c2ccc(S(=O)(=O)N(C)c3ccccc3)cc2)sc2cc(C)c(C)cc21. The molecule has 1 heterocycles.